The van der Waals surface area contributed by atoms with Gasteiger partial charge in [-0.05, 0) is 32.0 Å². The van der Waals surface area contributed by atoms with Crippen molar-refractivity contribution < 1.29 is 55.3 Å². The molecule has 0 amide bonds. The number of carbonyl (C=O) groups is 2. The summed E-state index contributed by atoms with van der Waals surface area (Å²) >= 11 is 1.74. The quantitative estimate of drug-likeness (QED) is 0.522. The van der Waals surface area contributed by atoms with Crippen molar-refractivity contribution in [3.8, 4) is 0 Å². The van der Waals surface area contributed by atoms with E-state index in [1.165, 1.54) is 12.1 Å². The summed E-state index contributed by atoms with van der Waals surface area (Å²) in [7, 11) is 0. The van der Waals surface area contributed by atoms with Gasteiger partial charge < -0.3 is 19.4 Å². The molecule has 2 aliphatic rings. The van der Waals surface area contributed by atoms with Gasteiger partial charge in [-0.1, -0.05) is 0 Å². The number of hydrogen-bond acceptors (Lipinski definition) is 8. The van der Waals surface area contributed by atoms with Crippen molar-refractivity contribution in [3.05, 3.63) is 40.2 Å². The van der Waals surface area contributed by atoms with E-state index < -0.39 is 24.3 Å². The second-order valence-electron chi connectivity index (χ2n) is 8.77. The third kappa shape index (κ3) is 10.6. The number of ether oxygens (including phenoxy) is 1. The first-order valence-corrected chi connectivity index (χ1v) is 12.0. The van der Waals surface area contributed by atoms with Gasteiger partial charge in [-0.2, -0.15) is 26.3 Å². The van der Waals surface area contributed by atoms with E-state index in [4.69, 9.17) is 29.0 Å². The molecule has 2 aromatic heterocycles. The minimum Gasteiger partial charge on any atom is -0.475 e. The van der Waals surface area contributed by atoms with Crippen LogP contribution in [0.1, 0.15) is 22.9 Å². The maximum atomic E-state index is 10.6. The Balaban J connectivity index is 0.000000301. The van der Waals surface area contributed by atoms with Crippen LogP contribution in [0, 0.1) is 12.3 Å². The van der Waals surface area contributed by atoms with Crippen molar-refractivity contribution >= 4 is 23.3 Å². The van der Waals surface area contributed by atoms with E-state index in [0.717, 1.165) is 63.3 Å². The molecule has 0 bridgehead atoms. The molecule has 0 radical (unpaired) electrons. The summed E-state index contributed by atoms with van der Waals surface area (Å²) in [6.07, 6.45) is -7.21. The summed E-state index contributed by atoms with van der Waals surface area (Å²) in [5.41, 5.74) is 1.44. The molecule has 4 heterocycles. The number of aromatic nitrogens is 1. The van der Waals surface area contributed by atoms with Crippen molar-refractivity contribution in [1.82, 2.24) is 14.8 Å². The zero-order valence-corrected chi connectivity index (χ0v) is 21.0. The molecule has 2 aliphatic heterocycles. The molecule has 214 valence electrons. The van der Waals surface area contributed by atoms with Crippen molar-refractivity contribution in [2.45, 2.75) is 38.8 Å². The number of furan rings is 1. The smallest absolute Gasteiger partial charge is 0.475 e. The Morgan fingerprint density at radius 3 is 2.11 bits per heavy atom. The predicted molar refractivity (Wildman–Crippen MR) is 121 cm³/mol. The molecule has 16 heteroatoms. The average Bonchev–Trinajstić information content (AvgIpc) is 3.51. The molecule has 2 aromatic rings. The summed E-state index contributed by atoms with van der Waals surface area (Å²) in [4.78, 5) is 27.4. The molecule has 1 unspecified atom stereocenters. The van der Waals surface area contributed by atoms with Crippen LogP contribution in [-0.4, -0.2) is 88.7 Å². The number of hydrogen-bond donors (Lipinski definition) is 2. The number of carboxylic acids is 2. The first-order chi connectivity index (χ1) is 17.6. The fourth-order valence-corrected chi connectivity index (χ4v) is 4.56. The highest BCUT2D eigenvalue weighted by Crippen LogP contribution is 2.34. The van der Waals surface area contributed by atoms with Gasteiger partial charge in [0.25, 0.3) is 0 Å². The van der Waals surface area contributed by atoms with Gasteiger partial charge >= 0.3 is 24.3 Å². The molecule has 0 aliphatic carbocycles. The summed E-state index contributed by atoms with van der Waals surface area (Å²) in [6.45, 7) is 9.90. The SMILES string of the molecule is Cc1nc(CN2CCOCC3(CCN(Cc4ccco4)C3)C2)cs1.O=C(O)C(F)(F)F.O=C(O)C(F)(F)F. The Bertz CT molecular complexity index is 1010. The number of rotatable bonds is 4. The number of carboxylic acid groups (broad SMARTS) is 2. The zero-order valence-electron chi connectivity index (χ0n) is 20.2. The van der Waals surface area contributed by atoms with E-state index in [1.807, 2.05) is 6.07 Å². The maximum Gasteiger partial charge on any atom is 0.490 e. The third-order valence-electron chi connectivity index (χ3n) is 5.53. The van der Waals surface area contributed by atoms with Crippen molar-refractivity contribution in [3.63, 3.8) is 0 Å². The van der Waals surface area contributed by atoms with Gasteiger partial charge in [0.1, 0.15) is 5.76 Å². The Kier molecular flexibility index (Phi) is 11.1. The molecular weight excluding hydrogens is 548 g/mol. The molecule has 1 atom stereocenters. The van der Waals surface area contributed by atoms with Crippen LogP contribution in [0.3, 0.4) is 0 Å². The highest BCUT2D eigenvalue weighted by Gasteiger charge is 2.41. The lowest BCUT2D eigenvalue weighted by atomic mass is 9.87. The lowest BCUT2D eigenvalue weighted by Gasteiger charge is -2.31. The van der Waals surface area contributed by atoms with Gasteiger partial charge in [0, 0.05) is 37.0 Å². The molecule has 0 aromatic carbocycles. The Hall–Kier alpha value is -2.69. The topological polar surface area (TPSA) is 116 Å². The van der Waals surface area contributed by atoms with E-state index in [0.29, 0.717) is 0 Å². The number of nitrogens with zero attached hydrogens (tertiary/aromatic N) is 3. The number of aryl methyl sites for hydroxylation is 1. The number of alkyl halides is 6. The first-order valence-electron chi connectivity index (χ1n) is 11.2. The van der Waals surface area contributed by atoms with Gasteiger partial charge in [0.15, 0.2) is 0 Å². The van der Waals surface area contributed by atoms with Crippen LogP contribution in [0.4, 0.5) is 26.3 Å². The Labute approximate surface area is 217 Å². The molecule has 2 fully saturated rings. The van der Waals surface area contributed by atoms with E-state index in [2.05, 4.69) is 33.2 Å². The molecule has 38 heavy (non-hydrogen) atoms. The fraction of sp³-hybridized carbons (Fsp3) is 0.591. The Morgan fingerprint density at radius 2 is 1.63 bits per heavy atom. The zero-order chi connectivity index (χ0) is 28.6. The summed E-state index contributed by atoms with van der Waals surface area (Å²) in [6, 6.07) is 4.03. The number of halogens is 6. The summed E-state index contributed by atoms with van der Waals surface area (Å²) < 4.78 is 75.0. The van der Waals surface area contributed by atoms with Crippen molar-refractivity contribution in [2.24, 2.45) is 5.41 Å². The van der Waals surface area contributed by atoms with Gasteiger partial charge in [-0.15, -0.1) is 11.3 Å². The lowest BCUT2D eigenvalue weighted by molar-refractivity contribution is -0.193. The molecule has 9 nitrogen and oxygen atoms in total. The minimum atomic E-state index is -5.08. The van der Waals surface area contributed by atoms with Gasteiger partial charge in [-0.25, -0.2) is 14.6 Å². The van der Waals surface area contributed by atoms with E-state index >= 15 is 0 Å². The second-order valence-corrected chi connectivity index (χ2v) is 9.83. The van der Waals surface area contributed by atoms with Crippen molar-refractivity contribution in [1.29, 1.82) is 0 Å². The standard InChI is InChI=1S/C18H25N3O2S.2C2HF3O2/c1-15-19-16(11-24-15)9-21-6-8-22-14-18(13-21)4-5-20(12-18)10-17-3-2-7-23-17;2*3-2(4,5)1(6)7/h2-3,7,11H,4-6,8-10,12-14H2,1H3;2*(H,6,7). The largest absolute Gasteiger partial charge is 0.490 e. The van der Waals surface area contributed by atoms with Crippen molar-refractivity contribution in [2.75, 3.05) is 39.4 Å². The second kappa shape index (κ2) is 13.4. The van der Waals surface area contributed by atoms with Crippen LogP contribution in [0.5, 0.6) is 0 Å². The van der Waals surface area contributed by atoms with Crippen LogP contribution in [0.15, 0.2) is 28.2 Å². The van der Waals surface area contributed by atoms with Crippen LogP contribution in [0.2, 0.25) is 0 Å². The molecule has 0 saturated carbocycles. The molecule has 2 saturated heterocycles. The van der Waals surface area contributed by atoms with E-state index in [1.54, 1.807) is 17.6 Å². The lowest BCUT2D eigenvalue weighted by Crippen LogP contribution is -2.40. The average molecular weight is 576 g/mol. The van der Waals surface area contributed by atoms with Crippen LogP contribution >= 0.6 is 11.3 Å². The van der Waals surface area contributed by atoms with Crippen LogP contribution < -0.4 is 0 Å². The van der Waals surface area contributed by atoms with E-state index in [-0.39, 0.29) is 5.41 Å². The Morgan fingerprint density at radius 1 is 1.05 bits per heavy atom. The van der Waals surface area contributed by atoms with E-state index in [9.17, 15) is 26.3 Å². The predicted octanol–water partition coefficient (Wildman–Crippen LogP) is 4.04. The first kappa shape index (κ1) is 31.5. The molecule has 2 N–H and O–H groups in total. The highest BCUT2D eigenvalue weighted by molar-refractivity contribution is 7.09. The molecule has 1 spiro atoms. The number of aliphatic carboxylic acids is 2. The summed E-state index contributed by atoms with van der Waals surface area (Å²) in [5, 5.41) is 17.6. The van der Waals surface area contributed by atoms with Crippen LogP contribution in [-0.2, 0) is 27.4 Å². The highest BCUT2D eigenvalue weighted by atomic mass is 32.1. The summed E-state index contributed by atoms with van der Waals surface area (Å²) in [5.74, 6) is -4.46. The number of thiazole rings is 1. The minimum absolute atomic E-state index is 0.244. The molecule has 4 rings (SSSR count). The number of likely N-dealkylation sites (tertiary alicyclic amines) is 1. The van der Waals surface area contributed by atoms with Crippen LogP contribution in [0.25, 0.3) is 0 Å². The monoisotopic (exact) mass is 575 g/mol. The fourth-order valence-electron chi connectivity index (χ4n) is 3.96. The molecular formula is C22H27F6N3O6S. The van der Waals surface area contributed by atoms with Gasteiger partial charge in [0.05, 0.1) is 36.7 Å². The van der Waals surface area contributed by atoms with Gasteiger partial charge in [-0.3, -0.25) is 9.80 Å². The normalized spacial score (nSPS) is 20.7. The van der Waals surface area contributed by atoms with Gasteiger partial charge in [0.2, 0.25) is 0 Å². The third-order valence-corrected chi connectivity index (χ3v) is 6.36. The maximum absolute atomic E-state index is 10.6.